The maximum atomic E-state index is 14.1. The van der Waals surface area contributed by atoms with Gasteiger partial charge in [-0.2, -0.15) is 0 Å². The van der Waals surface area contributed by atoms with Gasteiger partial charge in [-0.05, 0) is 82.9 Å². The van der Waals surface area contributed by atoms with Crippen molar-refractivity contribution in [2.24, 2.45) is 0 Å². The van der Waals surface area contributed by atoms with Gasteiger partial charge >= 0.3 is 5.69 Å². The van der Waals surface area contributed by atoms with E-state index in [9.17, 15) is 14.4 Å². The molecule has 1 aliphatic carbocycles. The summed E-state index contributed by atoms with van der Waals surface area (Å²) in [7, 11) is 0. The molecular formula is C34H28BrClN6O4. The van der Waals surface area contributed by atoms with E-state index in [2.05, 4.69) is 31.2 Å². The highest BCUT2D eigenvalue weighted by atomic mass is 79.9. The number of imidazole rings is 1. The molecule has 2 aromatic heterocycles. The van der Waals surface area contributed by atoms with E-state index in [0.717, 1.165) is 24.0 Å². The Labute approximate surface area is 277 Å². The molecule has 0 spiro atoms. The second kappa shape index (κ2) is 12.6. The minimum atomic E-state index is -0.450. The molecule has 1 N–H and O–H groups in total. The number of rotatable bonds is 8. The first-order chi connectivity index (χ1) is 22.4. The predicted octanol–water partition coefficient (Wildman–Crippen LogP) is 5.64. The fourth-order valence-electron chi connectivity index (χ4n) is 5.56. The third-order valence-electron chi connectivity index (χ3n) is 8.03. The highest BCUT2D eigenvalue weighted by molar-refractivity contribution is 9.10. The quantitative estimate of drug-likeness (QED) is 0.225. The van der Waals surface area contributed by atoms with Crippen molar-refractivity contribution in [3.05, 3.63) is 128 Å². The molecule has 0 radical (unpaired) electrons. The maximum Gasteiger partial charge on any atom is 0.333 e. The zero-order chi connectivity index (χ0) is 31.8. The van der Waals surface area contributed by atoms with Gasteiger partial charge in [0.05, 0.1) is 29.1 Å². The van der Waals surface area contributed by atoms with Gasteiger partial charge in [-0.1, -0.05) is 35.9 Å². The Kier molecular flexibility index (Phi) is 8.18. The van der Waals surface area contributed by atoms with Gasteiger partial charge in [0.25, 0.3) is 11.8 Å². The Hall–Kier alpha value is -4.74. The Balaban J connectivity index is 1.24. The number of hydrogen-bond acceptors (Lipinski definition) is 6. The second-order valence-electron chi connectivity index (χ2n) is 11.1. The lowest BCUT2D eigenvalue weighted by Gasteiger charge is -2.28. The number of nitrogens with one attached hydrogen (secondary N) is 1. The van der Waals surface area contributed by atoms with Crippen LogP contribution in [-0.4, -0.2) is 48.5 Å². The molecule has 0 atom stereocenters. The zero-order valence-electron chi connectivity index (χ0n) is 24.5. The molecule has 0 unspecified atom stereocenters. The normalized spacial score (nSPS) is 14.1. The standard InChI is InChI=1S/C34H28BrClN6O4/c35-27-13-6-21(18-28(27)36)33(44)40-16-17-41-29(20-40)30(42(34(41)45)23-7-9-24(10-8-23)46-25-11-12-25)32(43)39-19-22-4-1-2-5-26(22)31-37-14-3-15-38-31/h1-10,13-15,18,25H,11-12,16-17,19-20H2,(H,39,43). The molecule has 5 aromatic rings. The Morgan fingerprint density at radius 3 is 2.48 bits per heavy atom. The van der Waals surface area contributed by atoms with Crippen molar-refractivity contribution in [3.63, 3.8) is 0 Å². The van der Waals surface area contributed by atoms with Crippen LogP contribution < -0.4 is 15.7 Å². The van der Waals surface area contributed by atoms with Crippen LogP contribution in [0, 0.1) is 0 Å². The first kappa shape index (κ1) is 29.9. The van der Waals surface area contributed by atoms with E-state index in [1.807, 2.05) is 36.4 Å². The van der Waals surface area contributed by atoms with E-state index in [1.54, 1.807) is 58.3 Å². The number of hydrogen-bond donors (Lipinski definition) is 1. The Morgan fingerprint density at radius 1 is 0.978 bits per heavy atom. The van der Waals surface area contributed by atoms with Crippen molar-refractivity contribution in [1.82, 2.24) is 29.3 Å². The highest BCUT2D eigenvalue weighted by Gasteiger charge is 2.32. The number of amides is 2. The zero-order valence-corrected chi connectivity index (χ0v) is 26.9. The number of carbonyl (C=O) groups is 2. The molecule has 12 heteroatoms. The fraction of sp³-hybridized carbons (Fsp3) is 0.206. The van der Waals surface area contributed by atoms with Crippen molar-refractivity contribution >= 4 is 39.3 Å². The van der Waals surface area contributed by atoms with E-state index < -0.39 is 5.91 Å². The molecule has 2 amide bonds. The summed E-state index contributed by atoms with van der Waals surface area (Å²) in [6.45, 7) is 0.757. The summed E-state index contributed by atoms with van der Waals surface area (Å²) < 4.78 is 9.58. The van der Waals surface area contributed by atoms with E-state index >= 15 is 0 Å². The largest absolute Gasteiger partial charge is 0.490 e. The molecule has 0 saturated heterocycles. The molecular weight excluding hydrogens is 672 g/mol. The van der Waals surface area contributed by atoms with Crippen LogP contribution in [0.25, 0.3) is 17.1 Å². The van der Waals surface area contributed by atoms with E-state index in [1.165, 1.54) is 4.57 Å². The van der Waals surface area contributed by atoms with Crippen molar-refractivity contribution in [1.29, 1.82) is 0 Å². The summed E-state index contributed by atoms with van der Waals surface area (Å²) in [5.41, 5.74) is 2.80. The molecule has 3 aromatic carbocycles. The molecule has 1 fully saturated rings. The van der Waals surface area contributed by atoms with Crippen LogP contribution >= 0.6 is 27.5 Å². The van der Waals surface area contributed by atoms with Gasteiger partial charge in [-0.3, -0.25) is 18.7 Å². The molecule has 0 bridgehead atoms. The molecule has 7 rings (SSSR count). The second-order valence-corrected chi connectivity index (χ2v) is 12.4. The predicted molar refractivity (Wildman–Crippen MR) is 176 cm³/mol. The minimum absolute atomic E-state index is 0.0643. The SMILES string of the molecule is O=C(NCc1ccccc1-c1ncccn1)c1c2n(c(=O)n1-c1ccc(OC3CC3)cc1)CCN(C(=O)c1ccc(Br)c(Cl)c1)C2. The van der Waals surface area contributed by atoms with Gasteiger partial charge < -0.3 is 15.0 Å². The van der Waals surface area contributed by atoms with E-state index in [-0.39, 0.29) is 43.0 Å². The molecule has 1 saturated carbocycles. The van der Waals surface area contributed by atoms with Crippen LogP contribution in [0.15, 0.2) is 94.5 Å². The fourth-order valence-corrected chi connectivity index (χ4v) is 5.99. The monoisotopic (exact) mass is 698 g/mol. The van der Waals surface area contributed by atoms with Gasteiger partial charge in [0, 0.05) is 47.6 Å². The smallest absolute Gasteiger partial charge is 0.333 e. The van der Waals surface area contributed by atoms with Crippen molar-refractivity contribution in [2.45, 2.75) is 38.6 Å². The molecule has 2 aliphatic rings. The summed E-state index contributed by atoms with van der Waals surface area (Å²) >= 11 is 9.64. The number of aromatic nitrogens is 4. The molecule has 3 heterocycles. The number of fused-ring (bicyclic) bond motifs is 1. The minimum Gasteiger partial charge on any atom is -0.490 e. The van der Waals surface area contributed by atoms with Crippen LogP contribution in [0.4, 0.5) is 0 Å². The van der Waals surface area contributed by atoms with Crippen LogP contribution in [0.5, 0.6) is 5.75 Å². The molecule has 232 valence electrons. The lowest BCUT2D eigenvalue weighted by molar-refractivity contribution is 0.0706. The number of benzene rings is 3. The highest BCUT2D eigenvalue weighted by Crippen LogP contribution is 2.29. The van der Waals surface area contributed by atoms with E-state index in [0.29, 0.717) is 44.6 Å². The molecule has 10 nitrogen and oxygen atoms in total. The van der Waals surface area contributed by atoms with Crippen LogP contribution in [0.3, 0.4) is 0 Å². The summed E-state index contributed by atoms with van der Waals surface area (Å²) in [5.74, 6) is 0.555. The van der Waals surface area contributed by atoms with Gasteiger partial charge in [0.2, 0.25) is 0 Å². The summed E-state index contributed by atoms with van der Waals surface area (Å²) in [6, 6.07) is 21.5. The van der Waals surface area contributed by atoms with E-state index in [4.69, 9.17) is 16.3 Å². The topological polar surface area (TPSA) is 111 Å². The maximum absolute atomic E-state index is 14.1. The van der Waals surface area contributed by atoms with Gasteiger partial charge in [0.1, 0.15) is 11.4 Å². The van der Waals surface area contributed by atoms with Crippen LogP contribution in [0.2, 0.25) is 5.02 Å². The number of nitrogens with zero attached hydrogens (tertiary/aromatic N) is 5. The third kappa shape index (κ3) is 5.95. The van der Waals surface area contributed by atoms with Gasteiger partial charge in [0.15, 0.2) is 5.82 Å². The number of halogens is 2. The summed E-state index contributed by atoms with van der Waals surface area (Å²) in [4.78, 5) is 52.0. The van der Waals surface area contributed by atoms with Crippen molar-refractivity contribution in [3.8, 4) is 22.8 Å². The lowest BCUT2D eigenvalue weighted by atomic mass is 10.1. The number of ether oxygens (including phenoxy) is 1. The van der Waals surface area contributed by atoms with Crippen LogP contribution in [-0.2, 0) is 19.6 Å². The van der Waals surface area contributed by atoms with Crippen LogP contribution in [0.1, 0.15) is 44.9 Å². The third-order valence-corrected chi connectivity index (χ3v) is 9.27. The summed E-state index contributed by atoms with van der Waals surface area (Å²) in [5, 5.41) is 3.43. The van der Waals surface area contributed by atoms with Crippen molar-refractivity contribution in [2.75, 3.05) is 6.54 Å². The molecule has 1 aliphatic heterocycles. The average molecular weight is 700 g/mol. The van der Waals surface area contributed by atoms with Gasteiger partial charge in [-0.15, -0.1) is 0 Å². The molecule has 46 heavy (non-hydrogen) atoms. The Morgan fingerprint density at radius 2 is 1.74 bits per heavy atom. The van der Waals surface area contributed by atoms with Gasteiger partial charge in [-0.25, -0.2) is 14.8 Å². The Bertz CT molecular complexity index is 2010. The summed E-state index contributed by atoms with van der Waals surface area (Å²) in [6.07, 6.45) is 5.61. The van der Waals surface area contributed by atoms with Crippen molar-refractivity contribution < 1.29 is 14.3 Å². The lowest BCUT2D eigenvalue weighted by Crippen LogP contribution is -2.41. The average Bonchev–Trinajstić information content (AvgIpc) is 3.86. The first-order valence-electron chi connectivity index (χ1n) is 14.9. The first-order valence-corrected chi connectivity index (χ1v) is 16.0. The number of carbonyl (C=O) groups excluding carboxylic acids is 2.